The van der Waals surface area contributed by atoms with Crippen LogP contribution in [0, 0.1) is 0 Å². The third-order valence-electron chi connectivity index (χ3n) is 4.57. The van der Waals surface area contributed by atoms with E-state index < -0.39 is 5.60 Å². The number of carbonyl (C=O) groups excluding carboxylic acids is 1. The Morgan fingerprint density at radius 2 is 2.07 bits per heavy atom. The van der Waals surface area contributed by atoms with E-state index in [1.165, 1.54) is 0 Å². The predicted molar refractivity (Wildman–Crippen MR) is 104 cm³/mol. The minimum atomic E-state index is -0.545. The molecule has 0 bridgehead atoms. The fourth-order valence-corrected chi connectivity index (χ4v) is 3.30. The summed E-state index contributed by atoms with van der Waals surface area (Å²) in [5, 5.41) is 12.4. The number of hydrogen-bond donors (Lipinski definition) is 0. The number of aromatic nitrogens is 5. The fourth-order valence-electron chi connectivity index (χ4n) is 3.30. The molecule has 9 nitrogen and oxygen atoms in total. The molecule has 1 aromatic carbocycles. The number of hydrogen-bond acceptors (Lipinski definition) is 7. The van der Waals surface area contributed by atoms with Gasteiger partial charge >= 0.3 is 6.09 Å². The molecular weight excluding hydrogens is 372 g/mol. The summed E-state index contributed by atoms with van der Waals surface area (Å²) in [6, 6.07) is 9.58. The SMILES string of the molecule is CC(C)(C)OC(=O)N1CCC[C@@H]1c1noc(Cn2cc(-c3ccccc3)nn2)n1. The topological polar surface area (TPSA) is 99.2 Å². The van der Waals surface area contributed by atoms with Crippen molar-refractivity contribution < 1.29 is 14.1 Å². The van der Waals surface area contributed by atoms with Crippen LogP contribution in [0.25, 0.3) is 11.3 Å². The molecule has 29 heavy (non-hydrogen) atoms. The highest BCUT2D eigenvalue weighted by molar-refractivity contribution is 5.69. The monoisotopic (exact) mass is 396 g/mol. The fraction of sp³-hybridized carbons (Fsp3) is 0.450. The molecule has 1 aliphatic rings. The van der Waals surface area contributed by atoms with Crippen molar-refractivity contribution in [3.63, 3.8) is 0 Å². The molecule has 9 heteroatoms. The van der Waals surface area contributed by atoms with Crippen LogP contribution in [-0.2, 0) is 11.3 Å². The van der Waals surface area contributed by atoms with Gasteiger partial charge in [-0.1, -0.05) is 40.7 Å². The third kappa shape index (κ3) is 4.44. The normalized spacial score (nSPS) is 16.9. The van der Waals surface area contributed by atoms with E-state index in [4.69, 9.17) is 9.26 Å². The molecule has 3 aromatic rings. The second-order valence-electron chi connectivity index (χ2n) is 8.05. The van der Waals surface area contributed by atoms with Gasteiger partial charge in [-0.15, -0.1) is 5.10 Å². The number of ether oxygens (including phenoxy) is 1. The molecule has 0 radical (unpaired) electrons. The van der Waals surface area contributed by atoms with Crippen LogP contribution >= 0.6 is 0 Å². The van der Waals surface area contributed by atoms with Gasteiger partial charge < -0.3 is 9.26 Å². The average Bonchev–Trinajstić information content (AvgIpc) is 3.42. The van der Waals surface area contributed by atoms with Crippen molar-refractivity contribution in [2.75, 3.05) is 6.54 Å². The molecule has 2 aromatic heterocycles. The van der Waals surface area contributed by atoms with E-state index in [9.17, 15) is 4.79 Å². The lowest BCUT2D eigenvalue weighted by atomic mass is 10.2. The summed E-state index contributed by atoms with van der Waals surface area (Å²) in [5.74, 6) is 0.910. The van der Waals surface area contributed by atoms with Crippen LogP contribution in [0.5, 0.6) is 0 Å². The maximum Gasteiger partial charge on any atom is 0.410 e. The van der Waals surface area contributed by atoms with Crippen molar-refractivity contribution in [2.24, 2.45) is 0 Å². The standard InChI is InChI=1S/C20H24N6O3/c1-20(2,3)28-19(27)26-11-7-10-16(26)18-21-17(29-23-18)13-25-12-15(22-24-25)14-8-5-4-6-9-14/h4-6,8-9,12,16H,7,10-11,13H2,1-3H3/t16-/m1/s1. The van der Waals surface area contributed by atoms with Gasteiger partial charge in [-0.05, 0) is 33.6 Å². The van der Waals surface area contributed by atoms with E-state index in [-0.39, 0.29) is 12.1 Å². The zero-order valence-corrected chi connectivity index (χ0v) is 16.8. The summed E-state index contributed by atoms with van der Waals surface area (Å²) in [7, 11) is 0. The zero-order valence-electron chi connectivity index (χ0n) is 16.8. The Balaban J connectivity index is 1.44. The van der Waals surface area contributed by atoms with Gasteiger partial charge in [0.1, 0.15) is 17.8 Å². The lowest BCUT2D eigenvalue weighted by Crippen LogP contribution is -2.36. The highest BCUT2D eigenvalue weighted by Gasteiger charge is 2.36. The van der Waals surface area contributed by atoms with Gasteiger partial charge in [0.2, 0.25) is 5.89 Å². The van der Waals surface area contributed by atoms with Crippen LogP contribution in [-0.4, -0.2) is 48.3 Å². The van der Waals surface area contributed by atoms with E-state index in [0.29, 0.717) is 24.8 Å². The van der Waals surface area contributed by atoms with Gasteiger partial charge in [-0.3, -0.25) is 4.90 Å². The van der Waals surface area contributed by atoms with Crippen molar-refractivity contribution in [2.45, 2.75) is 51.8 Å². The Kier molecular flexibility index (Phi) is 5.04. The van der Waals surface area contributed by atoms with E-state index in [0.717, 1.165) is 24.1 Å². The third-order valence-corrected chi connectivity index (χ3v) is 4.57. The van der Waals surface area contributed by atoms with Crippen molar-refractivity contribution in [3.05, 3.63) is 48.2 Å². The van der Waals surface area contributed by atoms with Gasteiger partial charge in [-0.2, -0.15) is 4.98 Å². The van der Waals surface area contributed by atoms with Crippen LogP contribution in [0.4, 0.5) is 4.79 Å². The predicted octanol–water partition coefficient (Wildman–Crippen LogP) is 3.45. The average molecular weight is 396 g/mol. The van der Waals surface area contributed by atoms with Gasteiger partial charge in [-0.25, -0.2) is 9.48 Å². The molecule has 1 atom stereocenters. The summed E-state index contributed by atoms with van der Waals surface area (Å²) in [6.45, 7) is 6.48. The van der Waals surface area contributed by atoms with E-state index in [2.05, 4.69) is 20.5 Å². The highest BCUT2D eigenvalue weighted by Crippen LogP contribution is 2.31. The zero-order chi connectivity index (χ0) is 20.4. The molecule has 1 fully saturated rings. The Labute approximate surface area is 168 Å². The number of carbonyl (C=O) groups is 1. The maximum absolute atomic E-state index is 12.5. The Hall–Kier alpha value is -3.23. The number of amides is 1. The number of rotatable bonds is 4. The first-order valence-electron chi connectivity index (χ1n) is 9.67. The van der Waals surface area contributed by atoms with Crippen molar-refractivity contribution >= 4 is 6.09 Å². The van der Waals surface area contributed by atoms with E-state index in [1.807, 2.05) is 57.3 Å². The van der Waals surface area contributed by atoms with Crippen LogP contribution in [0.1, 0.15) is 51.4 Å². The maximum atomic E-state index is 12.5. The molecule has 0 spiro atoms. The molecule has 4 rings (SSSR count). The summed E-state index contributed by atoms with van der Waals surface area (Å²) >= 11 is 0. The van der Waals surface area contributed by atoms with Crippen molar-refractivity contribution in [3.8, 4) is 11.3 Å². The molecule has 1 saturated heterocycles. The second-order valence-corrected chi connectivity index (χ2v) is 8.05. The summed E-state index contributed by atoms with van der Waals surface area (Å²) in [4.78, 5) is 18.6. The summed E-state index contributed by atoms with van der Waals surface area (Å²) in [6.07, 6.45) is 3.13. The van der Waals surface area contributed by atoms with E-state index >= 15 is 0 Å². The molecule has 0 unspecified atom stereocenters. The molecule has 0 aliphatic carbocycles. The Morgan fingerprint density at radius 3 is 2.83 bits per heavy atom. The largest absolute Gasteiger partial charge is 0.444 e. The molecule has 3 heterocycles. The van der Waals surface area contributed by atoms with Gasteiger partial charge in [0, 0.05) is 12.1 Å². The Morgan fingerprint density at radius 1 is 1.28 bits per heavy atom. The lowest BCUT2D eigenvalue weighted by molar-refractivity contribution is 0.0217. The molecular formula is C20H24N6O3. The first-order chi connectivity index (χ1) is 13.9. The van der Waals surface area contributed by atoms with Crippen LogP contribution in [0.3, 0.4) is 0 Å². The molecule has 0 N–H and O–H groups in total. The van der Waals surface area contributed by atoms with E-state index in [1.54, 1.807) is 9.58 Å². The number of benzene rings is 1. The van der Waals surface area contributed by atoms with Gasteiger partial charge in [0.05, 0.1) is 12.2 Å². The molecule has 1 amide bonds. The van der Waals surface area contributed by atoms with Gasteiger partial charge in [0.15, 0.2) is 5.82 Å². The summed E-state index contributed by atoms with van der Waals surface area (Å²) in [5.41, 5.74) is 1.22. The number of nitrogens with zero attached hydrogens (tertiary/aromatic N) is 6. The Bertz CT molecular complexity index is 976. The quantitative estimate of drug-likeness (QED) is 0.666. The molecule has 1 aliphatic heterocycles. The van der Waals surface area contributed by atoms with Crippen LogP contribution in [0.2, 0.25) is 0 Å². The van der Waals surface area contributed by atoms with Crippen LogP contribution < -0.4 is 0 Å². The molecule has 0 saturated carbocycles. The summed E-state index contributed by atoms with van der Waals surface area (Å²) < 4.78 is 12.5. The highest BCUT2D eigenvalue weighted by atomic mass is 16.6. The first kappa shape index (κ1) is 19.1. The number of likely N-dealkylation sites (tertiary alicyclic amines) is 1. The van der Waals surface area contributed by atoms with Gasteiger partial charge in [0.25, 0.3) is 0 Å². The minimum Gasteiger partial charge on any atom is -0.444 e. The van der Waals surface area contributed by atoms with Crippen LogP contribution in [0.15, 0.2) is 41.1 Å². The van der Waals surface area contributed by atoms with Crippen molar-refractivity contribution in [1.82, 2.24) is 30.0 Å². The second kappa shape index (κ2) is 7.65. The van der Waals surface area contributed by atoms with Crippen molar-refractivity contribution in [1.29, 1.82) is 0 Å². The minimum absolute atomic E-state index is 0.238. The first-order valence-corrected chi connectivity index (χ1v) is 9.67. The molecule has 152 valence electrons. The smallest absolute Gasteiger partial charge is 0.410 e. The lowest BCUT2D eigenvalue weighted by Gasteiger charge is -2.27.